The molecule has 0 saturated carbocycles. The lowest BCUT2D eigenvalue weighted by atomic mass is 10.2. The molecule has 0 N–H and O–H groups in total. The molecule has 3 heterocycles. The molecule has 2 aromatic rings. The summed E-state index contributed by atoms with van der Waals surface area (Å²) in [5, 5.41) is 0.642. The van der Waals surface area contributed by atoms with Crippen LogP contribution in [0.5, 0.6) is 0 Å². The average Bonchev–Trinajstić information content (AvgIpc) is 3.28. The van der Waals surface area contributed by atoms with Gasteiger partial charge in [0.25, 0.3) is 5.91 Å². The number of ether oxygens (including phenoxy) is 3. The zero-order chi connectivity index (χ0) is 17.2. The number of hydrogen-bond donors (Lipinski definition) is 0. The number of thiazole rings is 1. The molecule has 132 valence electrons. The summed E-state index contributed by atoms with van der Waals surface area (Å²) in [6.07, 6.45) is 3.37. The highest BCUT2D eigenvalue weighted by Crippen LogP contribution is 2.32. The largest absolute Gasteiger partial charge is 0.494 e. The van der Waals surface area contributed by atoms with E-state index < -0.39 is 0 Å². The maximum absolute atomic E-state index is 13.0. The van der Waals surface area contributed by atoms with E-state index in [0.29, 0.717) is 24.9 Å². The van der Waals surface area contributed by atoms with Crippen molar-refractivity contribution in [3.63, 3.8) is 0 Å². The highest BCUT2D eigenvalue weighted by molar-refractivity contribution is 9.10. The molecule has 0 radical (unpaired) electrons. The van der Waals surface area contributed by atoms with Crippen LogP contribution in [-0.2, 0) is 19.0 Å². The summed E-state index contributed by atoms with van der Waals surface area (Å²) in [6.45, 7) is 2.03. The van der Waals surface area contributed by atoms with Crippen molar-refractivity contribution in [1.82, 2.24) is 4.98 Å². The van der Waals surface area contributed by atoms with Gasteiger partial charge in [-0.15, -0.1) is 0 Å². The molecular formula is C17H17BrN2O4S. The van der Waals surface area contributed by atoms with Gasteiger partial charge in [0.05, 0.1) is 22.9 Å². The van der Waals surface area contributed by atoms with Crippen LogP contribution in [0.3, 0.4) is 0 Å². The lowest BCUT2D eigenvalue weighted by molar-refractivity contribution is -0.120. The Balaban J connectivity index is 1.67. The number of rotatable bonds is 4. The maximum atomic E-state index is 13.0. The van der Waals surface area contributed by atoms with E-state index in [4.69, 9.17) is 14.2 Å². The Morgan fingerprint density at radius 2 is 2.28 bits per heavy atom. The normalized spacial score (nSPS) is 20.0. The Morgan fingerprint density at radius 1 is 1.36 bits per heavy atom. The SMILES string of the molecule is O=C(C1=COCCO1)N(CC1CCCO1)c1nc2ccc(Br)cc2s1. The summed E-state index contributed by atoms with van der Waals surface area (Å²) in [7, 11) is 0. The number of nitrogens with zero attached hydrogens (tertiary/aromatic N) is 2. The molecule has 2 aliphatic heterocycles. The predicted octanol–water partition coefficient (Wildman–Crippen LogP) is 3.46. The third-order valence-corrected chi connectivity index (χ3v) is 5.62. The van der Waals surface area contributed by atoms with Crippen LogP contribution in [0.15, 0.2) is 34.7 Å². The predicted molar refractivity (Wildman–Crippen MR) is 98.6 cm³/mol. The summed E-state index contributed by atoms with van der Waals surface area (Å²) < 4.78 is 18.4. The molecule has 8 heteroatoms. The van der Waals surface area contributed by atoms with E-state index in [1.165, 1.54) is 17.6 Å². The van der Waals surface area contributed by atoms with Crippen molar-refractivity contribution in [3.05, 3.63) is 34.7 Å². The quantitative estimate of drug-likeness (QED) is 0.751. The molecule has 6 nitrogen and oxygen atoms in total. The van der Waals surface area contributed by atoms with Gasteiger partial charge in [0.15, 0.2) is 5.13 Å². The molecule has 1 amide bonds. The number of hydrogen-bond acceptors (Lipinski definition) is 6. The Hall–Kier alpha value is -1.64. The molecule has 25 heavy (non-hydrogen) atoms. The molecule has 0 aliphatic carbocycles. The minimum absolute atomic E-state index is 0.0211. The lowest BCUT2D eigenvalue weighted by Gasteiger charge is -2.25. The first-order chi connectivity index (χ1) is 12.2. The van der Waals surface area contributed by atoms with Crippen molar-refractivity contribution in [2.24, 2.45) is 0 Å². The Labute approximate surface area is 157 Å². The molecule has 1 atom stereocenters. The minimum atomic E-state index is -0.242. The topological polar surface area (TPSA) is 60.9 Å². The standard InChI is InChI=1S/C17H17BrN2O4S/c18-11-3-4-13-15(8-11)25-17(19-13)20(9-12-2-1-5-23-12)16(21)14-10-22-6-7-24-14/h3-4,8,10,12H,1-2,5-7,9H2. The lowest BCUT2D eigenvalue weighted by Crippen LogP contribution is -2.39. The number of anilines is 1. The van der Waals surface area contributed by atoms with Crippen LogP contribution in [0.4, 0.5) is 5.13 Å². The molecule has 2 aliphatic rings. The van der Waals surface area contributed by atoms with Gasteiger partial charge in [-0.25, -0.2) is 4.98 Å². The van der Waals surface area contributed by atoms with Crippen molar-refractivity contribution >= 4 is 48.5 Å². The van der Waals surface area contributed by atoms with Gasteiger partial charge in [-0.3, -0.25) is 9.69 Å². The van der Waals surface area contributed by atoms with Gasteiger partial charge in [0, 0.05) is 11.1 Å². The molecule has 0 bridgehead atoms. The third kappa shape index (κ3) is 3.65. The molecule has 1 aromatic carbocycles. The Morgan fingerprint density at radius 3 is 3.04 bits per heavy atom. The van der Waals surface area contributed by atoms with E-state index >= 15 is 0 Å². The van der Waals surface area contributed by atoms with E-state index in [1.54, 1.807) is 4.90 Å². The Bertz CT molecular complexity index is 816. The first-order valence-corrected chi connectivity index (χ1v) is 9.76. The van der Waals surface area contributed by atoms with Crippen molar-refractivity contribution in [1.29, 1.82) is 0 Å². The number of benzene rings is 1. The van der Waals surface area contributed by atoms with Crippen molar-refractivity contribution < 1.29 is 19.0 Å². The monoisotopic (exact) mass is 424 g/mol. The molecule has 4 rings (SSSR count). The summed E-state index contributed by atoms with van der Waals surface area (Å²) in [5.74, 6) is -0.0296. The summed E-state index contributed by atoms with van der Waals surface area (Å²) in [6, 6.07) is 5.89. The zero-order valence-corrected chi connectivity index (χ0v) is 15.8. The number of amides is 1. The second-order valence-electron chi connectivity index (χ2n) is 5.86. The van der Waals surface area contributed by atoms with Gasteiger partial charge in [-0.1, -0.05) is 27.3 Å². The van der Waals surface area contributed by atoms with Gasteiger partial charge >= 0.3 is 0 Å². The zero-order valence-electron chi connectivity index (χ0n) is 13.4. The highest BCUT2D eigenvalue weighted by atomic mass is 79.9. The Kier molecular flexibility index (Phi) is 4.91. The molecule has 1 saturated heterocycles. The fourth-order valence-corrected chi connectivity index (χ4v) is 4.38. The molecular weight excluding hydrogens is 408 g/mol. The van der Waals surface area contributed by atoms with Gasteiger partial charge in [-0.05, 0) is 31.0 Å². The number of carbonyl (C=O) groups is 1. The van der Waals surface area contributed by atoms with Gasteiger partial charge < -0.3 is 14.2 Å². The van der Waals surface area contributed by atoms with Crippen LogP contribution in [0.25, 0.3) is 10.2 Å². The van der Waals surface area contributed by atoms with Crippen LogP contribution >= 0.6 is 27.3 Å². The third-order valence-electron chi connectivity index (χ3n) is 4.09. The highest BCUT2D eigenvalue weighted by Gasteiger charge is 2.30. The van der Waals surface area contributed by atoms with E-state index in [0.717, 1.165) is 34.1 Å². The van der Waals surface area contributed by atoms with E-state index in [2.05, 4.69) is 20.9 Å². The summed E-state index contributed by atoms with van der Waals surface area (Å²) in [5.41, 5.74) is 0.864. The fourth-order valence-electron chi connectivity index (χ4n) is 2.86. The number of carbonyl (C=O) groups excluding carboxylic acids is 1. The van der Waals surface area contributed by atoms with Gasteiger partial charge in [0.1, 0.15) is 19.5 Å². The van der Waals surface area contributed by atoms with E-state index in [-0.39, 0.29) is 17.8 Å². The fraction of sp³-hybridized carbons (Fsp3) is 0.412. The minimum Gasteiger partial charge on any atom is -0.494 e. The molecule has 1 aromatic heterocycles. The van der Waals surface area contributed by atoms with Crippen molar-refractivity contribution in [3.8, 4) is 0 Å². The van der Waals surface area contributed by atoms with Crippen molar-refractivity contribution in [2.75, 3.05) is 31.3 Å². The van der Waals surface area contributed by atoms with Crippen LogP contribution in [-0.4, -0.2) is 43.4 Å². The second kappa shape index (κ2) is 7.31. The van der Waals surface area contributed by atoms with Crippen LogP contribution in [0, 0.1) is 0 Å². The first kappa shape index (κ1) is 16.8. The number of fused-ring (bicyclic) bond motifs is 1. The smallest absolute Gasteiger partial charge is 0.298 e. The number of aromatic nitrogens is 1. The summed E-state index contributed by atoms with van der Waals surface area (Å²) >= 11 is 4.95. The van der Waals surface area contributed by atoms with Gasteiger partial charge in [-0.2, -0.15) is 0 Å². The van der Waals surface area contributed by atoms with Gasteiger partial charge in [0.2, 0.25) is 5.76 Å². The van der Waals surface area contributed by atoms with E-state index in [9.17, 15) is 4.79 Å². The van der Waals surface area contributed by atoms with Crippen molar-refractivity contribution in [2.45, 2.75) is 18.9 Å². The maximum Gasteiger partial charge on any atom is 0.298 e. The first-order valence-electron chi connectivity index (χ1n) is 8.15. The number of halogens is 1. The molecule has 1 fully saturated rings. The van der Waals surface area contributed by atoms with E-state index in [1.807, 2.05) is 18.2 Å². The van der Waals surface area contributed by atoms with Crippen LogP contribution < -0.4 is 4.90 Å². The second-order valence-corrected chi connectivity index (χ2v) is 7.79. The molecule has 0 spiro atoms. The van der Waals surface area contributed by atoms with Crippen LogP contribution in [0.2, 0.25) is 0 Å². The molecule has 1 unspecified atom stereocenters. The summed E-state index contributed by atoms with van der Waals surface area (Å²) in [4.78, 5) is 19.3. The average molecular weight is 425 g/mol. The van der Waals surface area contributed by atoms with Crippen LogP contribution in [0.1, 0.15) is 12.8 Å².